The summed E-state index contributed by atoms with van der Waals surface area (Å²) in [6.07, 6.45) is 1.15. The number of morpholine rings is 1. The van der Waals surface area contributed by atoms with Gasteiger partial charge in [0.25, 0.3) is 0 Å². The van der Waals surface area contributed by atoms with Crippen molar-refractivity contribution in [2.75, 3.05) is 52.6 Å². The highest BCUT2D eigenvalue weighted by Gasteiger charge is 2.76. The highest BCUT2D eigenvalue weighted by atomic mass is 79.9. The molecule has 9 nitrogen and oxygen atoms in total. The van der Waals surface area contributed by atoms with E-state index in [-0.39, 0.29) is 41.1 Å². The van der Waals surface area contributed by atoms with Gasteiger partial charge in [0.2, 0.25) is 11.8 Å². The SMILES string of the molecule is CCOC(=O)[C@H]1[C@@H]2SC3(CC2Br)C(C(=O)NCCN2CCOCC2)N([C@@H](CC)CO)C(=O)[C@H]13. The number of fused-ring (bicyclic) bond motifs is 1. The second-order valence-electron chi connectivity index (χ2n) is 9.15. The van der Waals surface area contributed by atoms with E-state index in [0.717, 1.165) is 13.1 Å². The molecule has 186 valence electrons. The molecular formula is C22H34BrN3O6S. The molecule has 4 aliphatic heterocycles. The van der Waals surface area contributed by atoms with Gasteiger partial charge in [-0.1, -0.05) is 22.9 Å². The molecule has 0 aromatic rings. The highest BCUT2D eigenvalue weighted by Crippen LogP contribution is 2.68. The Morgan fingerprint density at radius 2 is 2.09 bits per heavy atom. The molecular weight excluding hydrogens is 514 g/mol. The lowest BCUT2D eigenvalue weighted by molar-refractivity contribution is -0.154. The Morgan fingerprint density at radius 3 is 2.73 bits per heavy atom. The molecule has 0 saturated carbocycles. The molecule has 4 aliphatic rings. The van der Waals surface area contributed by atoms with Crippen molar-refractivity contribution in [1.29, 1.82) is 0 Å². The lowest BCUT2D eigenvalue weighted by Gasteiger charge is -2.37. The van der Waals surface area contributed by atoms with Crippen LogP contribution in [0.1, 0.15) is 26.7 Å². The number of thioether (sulfide) groups is 1. The monoisotopic (exact) mass is 547 g/mol. The van der Waals surface area contributed by atoms with E-state index in [0.29, 0.717) is 39.1 Å². The summed E-state index contributed by atoms with van der Waals surface area (Å²) in [4.78, 5) is 44.2. The van der Waals surface area contributed by atoms with Crippen LogP contribution in [0.3, 0.4) is 0 Å². The number of carbonyl (C=O) groups is 3. The van der Waals surface area contributed by atoms with Gasteiger partial charge in [0.05, 0.1) is 49.1 Å². The average molecular weight is 549 g/mol. The molecule has 3 unspecified atom stereocenters. The van der Waals surface area contributed by atoms with Gasteiger partial charge in [-0.2, -0.15) is 0 Å². The summed E-state index contributed by atoms with van der Waals surface area (Å²) in [5, 5.41) is 13.0. The second kappa shape index (κ2) is 10.4. The van der Waals surface area contributed by atoms with Crippen LogP contribution in [0.15, 0.2) is 0 Å². The Hall–Kier alpha value is -0.880. The molecule has 4 heterocycles. The molecule has 2 amide bonds. The molecule has 11 heteroatoms. The van der Waals surface area contributed by atoms with Gasteiger partial charge >= 0.3 is 5.97 Å². The number of halogens is 1. The summed E-state index contributed by atoms with van der Waals surface area (Å²) < 4.78 is 10.0. The van der Waals surface area contributed by atoms with E-state index >= 15 is 0 Å². The minimum absolute atomic E-state index is 0.0127. The number of amides is 2. The average Bonchev–Trinajstić information content (AvgIpc) is 3.39. The molecule has 0 radical (unpaired) electrons. The number of esters is 1. The zero-order valence-corrected chi connectivity index (χ0v) is 21.6. The van der Waals surface area contributed by atoms with Crippen LogP contribution in [0.4, 0.5) is 0 Å². The van der Waals surface area contributed by atoms with Gasteiger partial charge in [0.15, 0.2) is 0 Å². The molecule has 4 saturated heterocycles. The fourth-order valence-electron chi connectivity index (χ4n) is 5.94. The number of nitrogens with one attached hydrogen (secondary N) is 1. The Labute approximate surface area is 207 Å². The normalized spacial score (nSPS) is 36.7. The predicted octanol–water partition coefficient (Wildman–Crippen LogP) is 0.233. The van der Waals surface area contributed by atoms with Gasteiger partial charge < -0.3 is 24.8 Å². The van der Waals surface area contributed by atoms with E-state index < -0.39 is 28.7 Å². The van der Waals surface area contributed by atoms with E-state index in [1.807, 2.05) is 6.92 Å². The Kier molecular flexibility index (Phi) is 7.94. The number of carbonyl (C=O) groups excluding carboxylic acids is 3. The number of rotatable bonds is 9. The fourth-order valence-corrected chi connectivity index (χ4v) is 9.53. The maximum atomic E-state index is 13.8. The fraction of sp³-hybridized carbons (Fsp3) is 0.864. The van der Waals surface area contributed by atoms with Crippen molar-refractivity contribution in [3.05, 3.63) is 0 Å². The van der Waals surface area contributed by atoms with Crippen molar-refractivity contribution in [2.45, 2.75) is 53.6 Å². The van der Waals surface area contributed by atoms with Crippen LogP contribution in [0, 0.1) is 11.8 Å². The molecule has 7 atom stereocenters. The summed E-state index contributed by atoms with van der Waals surface area (Å²) in [6, 6.07) is -1.20. The minimum atomic E-state index is -0.730. The molecule has 0 aromatic carbocycles. The van der Waals surface area contributed by atoms with E-state index in [4.69, 9.17) is 9.47 Å². The first kappa shape index (κ1) is 25.2. The van der Waals surface area contributed by atoms with Crippen molar-refractivity contribution in [2.24, 2.45) is 11.8 Å². The first-order valence-electron chi connectivity index (χ1n) is 11.9. The van der Waals surface area contributed by atoms with Crippen molar-refractivity contribution in [3.8, 4) is 0 Å². The lowest BCUT2D eigenvalue weighted by Crippen LogP contribution is -2.57. The highest BCUT2D eigenvalue weighted by molar-refractivity contribution is 9.09. The molecule has 0 aliphatic carbocycles. The molecule has 2 bridgehead atoms. The molecule has 2 N–H and O–H groups in total. The first-order chi connectivity index (χ1) is 15.9. The third kappa shape index (κ3) is 4.32. The summed E-state index contributed by atoms with van der Waals surface area (Å²) >= 11 is 5.31. The van der Waals surface area contributed by atoms with Gasteiger partial charge in [-0.05, 0) is 19.8 Å². The van der Waals surface area contributed by atoms with Gasteiger partial charge in [-0.25, -0.2) is 0 Å². The second-order valence-corrected chi connectivity index (χ2v) is 11.9. The Balaban J connectivity index is 1.59. The van der Waals surface area contributed by atoms with E-state index in [2.05, 4.69) is 26.1 Å². The van der Waals surface area contributed by atoms with Crippen LogP contribution in [0.5, 0.6) is 0 Å². The quantitative estimate of drug-likeness (QED) is 0.312. The number of aliphatic hydroxyl groups is 1. The largest absolute Gasteiger partial charge is 0.466 e. The maximum Gasteiger partial charge on any atom is 0.310 e. The summed E-state index contributed by atoms with van der Waals surface area (Å²) in [7, 11) is 0. The van der Waals surface area contributed by atoms with Gasteiger partial charge in [0.1, 0.15) is 6.04 Å². The zero-order valence-electron chi connectivity index (χ0n) is 19.2. The topological polar surface area (TPSA) is 108 Å². The number of nitrogens with zero attached hydrogens (tertiary/aromatic N) is 2. The molecule has 4 fully saturated rings. The van der Waals surface area contributed by atoms with Crippen molar-refractivity contribution in [3.63, 3.8) is 0 Å². The van der Waals surface area contributed by atoms with Gasteiger partial charge in [-0.15, -0.1) is 11.8 Å². The number of aliphatic hydroxyl groups excluding tert-OH is 1. The smallest absolute Gasteiger partial charge is 0.310 e. The van der Waals surface area contributed by atoms with Crippen LogP contribution in [-0.4, -0.2) is 112 Å². The van der Waals surface area contributed by atoms with Crippen LogP contribution < -0.4 is 5.32 Å². The Bertz CT molecular complexity index is 764. The molecule has 0 aromatic heterocycles. The third-order valence-corrected chi connectivity index (χ3v) is 10.7. The van der Waals surface area contributed by atoms with Crippen LogP contribution in [-0.2, 0) is 23.9 Å². The van der Waals surface area contributed by atoms with Crippen molar-refractivity contribution in [1.82, 2.24) is 15.1 Å². The maximum absolute atomic E-state index is 13.8. The zero-order chi connectivity index (χ0) is 23.8. The van der Waals surface area contributed by atoms with Crippen molar-refractivity contribution < 1.29 is 29.0 Å². The number of likely N-dealkylation sites (tertiary alicyclic amines) is 1. The lowest BCUT2D eigenvalue weighted by atomic mass is 9.71. The van der Waals surface area contributed by atoms with E-state index in [9.17, 15) is 19.5 Å². The third-order valence-electron chi connectivity index (χ3n) is 7.44. The van der Waals surface area contributed by atoms with Crippen LogP contribution in [0.2, 0.25) is 0 Å². The summed E-state index contributed by atoms with van der Waals surface area (Å²) in [5.74, 6) is -1.99. The van der Waals surface area contributed by atoms with E-state index in [1.54, 1.807) is 23.6 Å². The van der Waals surface area contributed by atoms with E-state index in [1.165, 1.54) is 0 Å². The minimum Gasteiger partial charge on any atom is -0.466 e. The first-order valence-corrected chi connectivity index (χ1v) is 13.7. The van der Waals surface area contributed by atoms with Crippen LogP contribution >= 0.6 is 27.7 Å². The Morgan fingerprint density at radius 1 is 1.36 bits per heavy atom. The predicted molar refractivity (Wildman–Crippen MR) is 127 cm³/mol. The van der Waals surface area contributed by atoms with Crippen molar-refractivity contribution >= 4 is 45.5 Å². The standard InChI is InChI=1S/C22H34BrN3O6S/c1-3-13(12-27)26-18(19(28)24-5-6-25-7-9-31-10-8-25)22-11-14(23)17(33-22)15(16(22)20(26)29)21(30)32-4-2/h13-18,27H,3-12H2,1-2H3,(H,24,28)/t13-,14?,15+,16-,17+,18?,22?/m0/s1. The summed E-state index contributed by atoms with van der Waals surface area (Å²) in [6.45, 7) is 7.92. The van der Waals surface area contributed by atoms with Gasteiger partial charge in [0, 0.05) is 36.3 Å². The number of ether oxygens (including phenoxy) is 2. The number of hydrogen-bond donors (Lipinski definition) is 2. The molecule has 4 rings (SSSR count). The number of hydrogen-bond acceptors (Lipinski definition) is 8. The molecule has 1 spiro atoms. The molecule has 33 heavy (non-hydrogen) atoms. The number of alkyl halides is 1. The van der Waals surface area contributed by atoms with Crippen LogP contribution in [0.25, 0.3) is 0 Å². The summed E-state index contributed by atoms with van der Waals surface area (Å²) in [5.41, 5.74) is 0. The van der Waals surface area contributed by atoms with Gasteiger partial charge in [-0.3, -0.25) is 19.3 Å².